The summed E-state index contributed by atoms with van der Waals surface area (Å²) in [6.07, 6.45) is 0. The van der Waals surface area contributed by atoms with Gasteiger partial charge in [0.1, 0.15) is 0 Å². The fraction of sp³-hybridized carbons (Fsp3) is 0. The molecule has 0 bridgehead atoms. The van der Waals surface area contributed by atoms with Crippen molar-refractivity contribution in [2.75, 3.05) is 0 Å². The number of hydrogen-bond donors (Lipinski definition) is 0. The summed E-state index contributed by atoms with van der Waals surface area (Å²) in [5, 5.41) is 0. The zero-order valence-electron chi connectivity index (χ0n) is 6.52. The van der Waals surface area contributed by atoms with Gasteiger partial charge in [0, 0.05) is 0 Å². The maximum Gasteiger partial charge on any atom is 2.00 e. The Morgan fingerprint density at radius 2 is 0.429 bits per heavy atom. The van der Waals surface area contributed by atoms with Crippen molar-refractivity contribution in [2.24, 2.45) is 0 Å². The van der Waals surface area contributed by atoms with Crippen molar-refractivity contribution in [1.82, 2.24) is 0 Å². The minimum absolute atomic E-state index is 0. The molecule has 0 amide bonds. The molecule has 0 atom stereocenters. The van der Waals surface area contributed by atoms with E-state index in [4.69, 9.17) is 41.9 Å². The van der Waals surface area contributed by atoms with Crippen molar-refractivity contribution < 1.29 is 104 Å². The molecule has 0 saturated carbocycles. The third-order valence-electron chi connectivity index (χ3n) is 0. The largest absolute Gasteiger partial charge is 2.00 e. The quantitative estimate of drug-likeness (QED) is 0.388. The molecule has 0 fully saturated rings. The third-order valence-corrected chi connectivity index (χ3v) is 0. The van der Waals surface area contributed by atoms with Gasteiger partial charge in [-0.25, -0.2) is 0 Å². The Bertz CT molecular complexity index is 48.5. The third kappa shape index (κ3) is 365. The van der Waals surface area contributed by atoms with Gasteiger partial charge >= 0.3 is 67.3 Å². The molecule has 14 heavy (non-hydrogen) atoms. The van der Waals surface area contributed by atoms with Crippen LogP contribution in [0, 0.1) is 32.4 Å². The summed E-state index contributed by atoms with van der Waals surface area (Å²) in [5.74, 6) is 0. The van der Waals surface area contributed by atoms with Crippen molar-refractivity contribution in [3.63, 3.8) is 0 Å². The van der Waals surface area contributed by atoms with E-state index in [2.05, 4.69) is 0 Å². The van der Waals surface area contributed by atoms with Crippen LogP contribution >= 0.6 is 0 Å². The van der Waals surface area contributed by atoms with Crippen molar-refractivity contribution in [2.45, 2.75) is 0 Å². The Balaban J connectivity index is -0.0000000270. The first-order valence-corrected chi connectivity index (χ1v) is 4.17. The monoisotopic (exact) mass is 312 g/mol. The molecule has 0 aliphatic rings. The Morgan fingerprint density at radius 3 is 0.429 bits per heavy atom. The number of rotatable bonds is 0. The summed E-state index contributed by atoms with van der Waals surface area (Å²) in [6, 6.07) is 0. The molecule has 0 aromatic carbocycles. The summed E-state index contributed by atoms with van der Waals surface area (Å²) < 4.78 is 75.7. The second kappa shape index (κ2) is 24.8. The summed E-state index contributed by atoms with van der Waals surface area (Å²) >= 11 is 0. The van der Waals surface area contributed by atoms with E-state index in [1.165, 1.54) is 0 Å². The van der Waals surface area contributed by atoms with E-state index in [0.29, 0.717) is 0 Å². The molecular formula is CaCl3NaO9. The van der Waals surface area contributed by atoms with E-state index < -0.39 is 32.4 Å². The summed E-state index contributed by atoms with van der Waals surface area (Å²) in [4.78, 5) is 0. The number of hydrogen-bond acceptors (Lipinski definition) is 9. The van der Waals surface area contributed by atoms with Gasteiger partial charge in [0.15, 0.2) is 0 Å². The molecule has 0 radical (unpaired) electrons. The van der Waals surface area contributed by atoms with Gasteiger partial charge < -0.3 is 41.9 Å². The zero-order valence-corrected chi connectivity index (χ0v) is 13.0. The molecule has 0 aromatic heterocycles. The van der Waals surface area contributed by atoms with Crippen molar-refractivity contribution in [3.8, 4) is 0 Å². The molecule has 0 aromatic rings. The minimum Gasteiger partial charge on any atom is -0.357 e. The molecule has 0 heterocycles. The Morgan fingerprint density at radius 1 is 0.429 bits per heavy atom. The molecule has 14 heteroatoms. The fourth-order valence-corrected chi connectivity index (χ4v) is 0. The van der Waals surface area contributed by atoms with Gasteiger partial charge in [0.25, 0.3) is 0 Å². The van der Waals surface area contributed by atoms with Gasteiger partial charge in [0.05, 0.1) is 32.4 Å². The van der Waals surface area contributed by atoms with Crippen molar-refractivity contribution in [3.05, 3.63) is 0 Å². The molecule has 0 N–H and O–H groups in total. The van der Waals surface area contributed by atoms with Gasteiger partial charge in [0.2, 0.25) is 0 Å². The summed E-state index contributed by atoms with van der Waals surface area (Å²) in [6.45, 7) is 0. The van der Waals surface area contributed by atoms with Crippen LogP contribution in [0.15, 0.2) is 0 Å². The maximum absolute atomic E-state index is 8.41. The van der Waals surface area contributed by atoms with E-state index >= 15 is 0 Å². The summed E-state index contributed by atoms with van der Waals surface area (Å²) in [5.41, 5.74) is 0. The molecule has 0 unspecified atom stereocenters. The first-order chi connectivity index (χ1) is 5.20. The molecule has 0 rings (SSSR count). The Hall–Kier alpha value is 2.77. The first-order valence-electron chi connectivity index (χ1n) is 1.39. The van der Waals surface area contributed by atoms with Gasteiger partial charge in [-0.1, -0.05) is 0 Å². The maximum atomic E-state index is 8.41. The molecule has 0 spiro atoms. The van der Waals surface area contributed by atoms with Crippen LogP contribution in [0.5, 0.6) is 0 Å². The fourth-order valence-electron chi connectivity index (χ4n) is 0. The molecule has 78 valence electrons. The average molecular weight is 313 g/mol. The zero-order chi connectivity index (χ0) is 10.7. The minimum atomic E-state index is -2.85. The van der Waals surface area contributed by atoms with E-state index in [-0.39, 0.29) is 67.3 Å². The molecule has 0 saturated heterocycles. The predicted octanol–water partition coefficient (Wildman–Crippen LogP) is -14.1. The molecule has 9 nitrogen and oxygen atoms in total. The van der Waals surface area contributed by atoms with Gasteiger partial charge in [-0.3, -0.25) is 0 Å². The van der Waals surface area contributed by atoms with E-state index in [0.717, 1.165) is 0 Å². The van der Waals surface area contributed by atoms with Gasteiger partial charge in [-0.15, -0.1) is 0 Å². The second-order valence-electron chi connectivity index (χ2n) is 0.567. The van der Waals surface area contributed by atoms with E-state index in [1.54, 1.807) is 0 Å². The molecular weight excluding hydrogens is 313 g/mol. The van der Waals surface area contributed by atoms with Gasteiger partial charge in [-0.2, -0.15) is 0 Å². The van der Waals surface area contributed by atoms with Crippen molar-refractivity contribution in [1.29, 1.82) is 0 Å². The predicted molar refractivity (Wildman–Crippen MR) is 5.75 cm³/mol. The first kappa shape index (κ1) is 30.1. The van der Waals surface area contributed by atoms with Crippen LogP contribution in [0.2, 0.25) is 0 Å². The topological polar surface area (TPSA) is 208 Å². The standard InChI is InChI=1S/Ca.3ClO3.Na/c;3*2-1(3)4;/q+2;3*-1;+1. The second-order valence-corrected chi connectivity index (χ2v) is 1.70. The van der Waals surface area contributed by atoms with Crippen LogP contribution < -0.4 is 71.5 Å². The van der Waals surface area contributed by atoms with Crippen LogP contribution in [0.1, 0.15) is 0 Å². The van der Waals surface area contributed by atoms with Crippen molar-refractivity contribution >= 4 is 37.7 Å². The van der Waals surface area contributed by atoms with Crippen LogP contribution in [-0.2, 0) is 0 Å². The smallest absolute Gasteiger partial charge is 0.357 e. The van der Waals surface area contributed by atoms with Gasteiger partial charge in [-0.05, 0) is 0 Å². The summed E-state index contributed by atoms with van der Waals surface area (Å²) in [7, 11) is -8.56. The number of halogens is 3. The Labute approximate surface area is 139 Å². The average Bonchev–Trinajstić information content (AvgIpc) is 1.54. The van der Waals surface area contributed by atoms with Crippen LogP contribution in [0.4, 0.5) is 0 Å². The van der Waals surface area contributed by atoms with E-state index in [1.807, 2.05) is 0 Å². The Kier molecular flexibility index (Phi) is 53.4. The molecule has 0 aliphatic carbocycles. The van der Waals surface area contributed by atoms with E-state index in [9.17, 15) is 0 Å². The molecule has 0 aliphatic heterocycles. The normalized spacial score (nSPS) is 7.71. The van der Waals surface area contributed by atoms with Crippen LogP contribution in [0.3, 0.4) is 0 Å². The van der Waals surface area contributed by atoms with Crippen LogP contribution in [0.25, 0.3) is 0 Å². The van der Waals surface area contributed by atoms with Crippen LogP contribution in [-0.4, -0.2) is 37.7 Å². The SMILES string of the molecule is [Ca+2].[Na+].[O-][Cl+2]([O-])[O-].[O-][Cl+2]([O-])[O-].[O-][Cl+2]([O-])[O-].